The lowest BCUT2D eigenvalue weighted by Gasteiger charge is -2.10. The summed E-state index contributed by atoms with van der Waals surface area (Å²) in [6.07, 6.45) is 6.03. The molecule has 0 heterocycles. The largest absolute Gasteiger partial charge is 0.421 e. The van der Waals surface area contributed by atoms with Crippen LogP contribution in [-0.2, 0) is 9.59 Å². The molecule has 0 aromatic heterocycles. The number of hydrogen-bond acceptors (Lipinski definition) is 6. The van der Waals surface area contributed by atoms with Crippen molar-refractivity contribution in [2.24, 2.45) is 0 Å². The first-order valence-corrected chi connectivity index (χ1v) is 11.2. The van der Waals surface area contributed by atoms with Crippen molar-refractivity contribution in [1.29, 1.82) is 0 Å². The summed E-state index contributed by atoms with van der Waals surface area (Å²) >= 11 is 0. The molecule has 4 aromatic carbocycles. The first-order valence-electron chi connectivity index (χ1n) is 11.2. The fraction of sp³-hybridized carbons (Fsp3) is 0. The van der Waals surface area contributed by atoms with Crippen LogP contribution in [0, 0.1) is 0 Å². The van der Waals surface area contributed by atoms with Gasteiger partial charge >= 0.3 is 11.9 Å². The smallest absolute Gasteiger partial charge is 0.336 e. The molecule has 0 atom stereocenters. The highest BCUT2D eigenvalue weighted by Crippen LogP contribution is 2.32. The lowest BCUT2D eigenvalue weighted by Crippen LogP contribution is -2.06. The molecule has 4 rings (SSSR count). The number of ether oxygens (including phenoxy) is 2. The van der Waals surface area contributed by atoms with Gasteiger partial charge in [0.15, 0.2) is 11.5 Å². The van der Waals surface area contributed by atoms with Crippen molar-refractivity contribution in [3.05, 3.63) is 120 Å². The third-order valence-electron chi connectivity index (χ3n) is 5.20. The number of rotatable bonds is 7. The molecule has 4 aromatic rings. The van der Waals surface area contributed by atoms with E-state index in [0.29, 0.717) is 11.4 Å². The van der Waals surface area contributed by atoms with Crippen molar-refractivity contribution in [2.75, 3.05) is 11.5 Å². The highest BCUT2D eigenvalue weighted by atomic mass is 16.5. The van der Waals surface area contributed by atoms with Crippen LogP contribution in [0.2, 0.25) is 0 Å². The molecule has 0 unspecified atom stereocenters. The maximum absolute atomic E-state index is 12.2. The van der Waals surface area contributed by atoms with E-state index < -0.39 is 11.9 Å². The molecule has 0 aliphatic carbocycles. The highest BCUT2D eigenvalue weighted by Gasteiger charge is 2.10. The molecular formula is C30H24N2O4. The lowest BCUT2D eigenvalue weighted by molar-refractivity contribution is -0.129. The van der Waals surface area contributed by atoms with Gasteiger partial charge in [-0.3, -0.25) is 0 Å². The molecule has 0 fully saturated rings. The quantitative estimate of drug-likeness (QED) is 0.152. The Morgan fingerprint density at radius 1 is 0.556 bits per heavy atom. The summed E-state index contributed by atoms with van der Waals surface area (Å²) in [6, 6.07) is 29.0. The Bertz CT molecular complexity index is 1320. The van der Waals surface area contributed by atoms with Gasteiger partial charge in [-0.15, -0.1) is 0 Å². The maximum Gasteiger partial charge on any atom is 0.336 e. The van der Waals surface area contributed by atoms with Gasteiger partial charge < -0.3 is 20.9 Å². The number of esters is 2. The van der Waals surface area contributed by atoms with E-state index in [1.54, 1.807) is 48.6 Å². The van der Waals surface area contributed by atoms with Crippen LogP contribution in [0.1, 0.15) is 11.1 Å². The predicted octanol–water partition coefficient (Wildman–Crippen LogP) is 5.76. The summed E-state index contributed by atoms with van der Waals surface area (Å²) in [7, 11) is 0. The molecule has 0 radical (unpaired) electrons. The fourth-order valence-electron chi connectivity index (χ4n) is 3.38. The molecular weight excluding hydrogens is 452 g/mol. The molecule has 0 aliphatic rings. The zero-order valence-corrected chi connectivity index (χ0v) is 19.3. The van der Waals surface area contributed by atoms with Crippen LogP contribution < -0.4 is 20.9 Å². The van der Waals surface area contributed by atoms with Gasteiger partial charge in [-0.05, 0) is 58.7 Å². The van der Waals surface area contributed by atoms with Crippen LogP contribution in [0.3, 0.4) is 0 Å². The summed E-state index contributed by atoms with van der Waals surface area (Å²) in [5.74, 6) is -0.555. The normalized spacial score (nSPS) is 11.0. The number of nitrogen functional groups attached to an aromatic ring is 2. The maximum atomic E-state index is 12.2. The summed E-state index contributed by atoms with van der Waals surface area (Å²) < 4.78 is 10.7. The van der Waals surface area contributed by atoms with Gasteiger partial charge in [-0.1, -0.05) is 72.8 Å². The van der Waals surface area contributed by atoms with Crippen LogP contribution in [0.5, 0.6) is 11.5 Å². The van der Waals surface area contributed by atoms with Crippen molar-refractivity contribution in [1.82, 2.24) is 0 Å². The molecule has 0 amide bonds. The van der Waals surface area contributed by atoms with Crippen molar-refractivity contribution in [3.63, 3.8) is 0 Å². The second kappa shape index (κ2) is 11.4. The molecule has 178 valence electrons. The van der Waals surface area contributed by atoms with Gasteiger partial charge in [-0.2, -0.15) is 0 Å². The van der Waals surface area contributed by atoms with Gasteiger partial charge in [-0.25, -0.2) is 9.59 Å². The van der Waals surface area contributed by atoms with E-state index in [9.17, 15) is 9.59 Å². The first-order chi connectivity index (χ1) is 17.5. The molecule has 0 aliphatic heterocycles. The van der Waals surface area contributed by atoms with E-state index in [4.69, 9.17) is 20.9 Å². The summed E-state index contributed by atoms with van der Waals surface area (Å²) in [5, 5.41) is 0. The standard InChI is InChI=1S/C30H24N2O4/c31-25-19-23(13-15-27(25)35-29(33)17-11-21-7-3-1-4-8-21)24-14-16-28(26(32)20-24)36-30(34)18-12-22-9-5-2-6-10-22/h1-20H,31-32H2/b17-11+,18-12+. The number of benzene rings is 4. The number of nitrogens with two attached hydrogens (primary N) is 2. The molecule has 36 heavy (non-hydrogen) atoms. The van der Waals surface area contributed by atoms with E-state index >= 15 is 0 Å². The SMILES string of the molecule is Nc1cc(-c2ccc(OC(=O)/C=C/c3ccccc3)c(N)c2)ccc1OC(=O)/C=C/c1ccccc1. The summed E-state index contributed by atoms with van der Waals surface area (Å²) in [6.45, 7) is 0. The molecule has 4 N–H and O–H groups in total. The van der Waals surface area contributed by atoms with E-state index in [1.807, 2.05) is 60.7 Å². The predicted molar refractivity (Wildman–Crippen MR) is 143 cm³/mol. The Balaban J connectivity index is 1.40. The first kappa shape index (κ1) is 24.0. The zero-order valence-electron chi connectivity index (χ0n) is 19.3. The zero-order chi connectivity index (χ0) is 25.3. The molecule has 6 heteroatoms. The minimum Gasteiger partial charge on any atom is -0.421 e. The Kier molecular flexibility index (Phi) is 7.58. The molecule has 0 saturated carbocycles. The topological polar surface area (TPSA) is 105 Å². The number of carbonyl (C=O) groups is 2. The second-order valence-electron chi connectivity index (χ2n) is 7.84. The minimum atomic E-state index is -0.532. The highest BCUT2D eigenvalue weighted by molar-refractivity contribution is 5.90. The Hall–Kier alpha value is -5.10. The van der Waals surface area contributed by atoms with Crippen LogP contribution in [-0.4, -0.2) is 11.9 Å². The van der Waals surface area contributed by atoms with Crippen LogP contribution in [0.15, 0.2) is 109 Å². The number of hydrogen-bond donors (Lipinski definition) is 2. The van der Waals surface area contributed by atoms with Crippen LogP contribution in [0.25, 0.3) is 23.3 Å². The van der Waals surface area contributed by atoms with Crippen molar-refractivity contribution >= 4 is 35.5 Å². The molecule has 0 spiro atoms. The van der Waals surface area contributed by atoms with Crippen LogP contribution in [0.4, 0.5) is 11.4 Å². The Morgan fingerprint density at radius 2 is 0.944 bits per heavy atom. The van der Waals surface area contributed by atoms with E-state index in [-0.39, 0.29) is 11.5 Å². The van der Waals surface area contributed by atoms with E-state index in [1.165, 1.54) is 12.2 Å². The molecule has 6 nitrogen and oxygen atoms in total. The third-order valence-corrected chi connectivity index (χ3v) is 5.20. The fourth-order valence-corrected chi connectivity index (χ4v) is 3.38. The summed E-state index contributed by atoms with van der Waals surface area (Å²) in [5.41, 5.74) is 16.1. The monoisotopic (exact) mass is 476 g/mol. The van der Waals surface area contributed by atoms with Crippen molar-refractivity contribution in [2.45, 2.75) is 0 Å². The molecule has 0 bridgehead atoms. The Morgan fingerprint density at radius 3 is 1.31 bits per heavy atom. The van der Waals surface area contributed by atoms with Crippen molar-refractivity contribution < 1.29 is 19.1 Å². The molecule has 0 saturated heterocycles. The average molecular weight is 477 g/mol. The average Bonchev–Trinajstić information content (AvgIpc) is 2.90. The van der Waals surface area contributed by atoms with E-state index in [2.05, 4.69) is 0 Å². The number of anilines is 2. The van der Waals surface area contributed by atoms with Gasteiger partial charge in [0.25, 0.3) is 0 Å². The van der Waals surface area contributed by atoms with Gasteiger partial charge in [0.2, 0.25) is 0 Å². The van der Waals surface area contributed by atoms with Gasteiger partial charge in [0, 0.05) is 12.2 Å². The van der Waals surface area contributed by atoms with E-state index in [0.717, 1.165) is 22.3 Å². The number of carbonyl (C=O) groups excluding carboxylic acids is 2. The minimum absolute atomic E-state index is 0.255. The van der Waals surface area contributed by atoms with Gasteiger partial charge in [0.1, 0.15) is 0 Å². The second-order valence-corrected chi connectivity index (χ2v) is 7.84. The Labute approximate surface area is 209 Å². The lowest BCUT2D eigenvalue weighted by atomic mass is 10.0. The van der Waals surface area contributed by atoms with Crippen LogP contribution >= 0.6 is 0 Å². The van der Waals surface area contributed by atoms with Gasteiger partial charge in [0.05, 0.1) is 11.4 Å². The van der Waals surface area contributed by atoms with Crippen molar-refractivity contribution in [3.8, 4) is 22.6 Å². The summed E-state index contributed by atoms with van der Waals surface area (Å²) in [4.78, 5) is 24.3. The third kappa shape index (κ3) is 6.48.